The van der Waals surface area contributed by atoms with Gasteiger partial charge in [-0.3, -0.25) is 0 Å². The molecule has 3 unspecified atom stereocenters. The van der Waals surface area contributed by atoms with Crippen molar-refractivity contribution in [2.45, 2.75) is 170 Å². The lowest BCUT2D eigenvalue weighted by Crippen LogP contribution is -2.41. The van der Waals surface area contributed by atoms with Crippen molar-refractivity contribution in [1.29, 1.82) is 0 Å². The third kappa shape index (κ3) is 7.49. The molecule has 1 aliphatic carbocycles. The Morgan fingerprint density at radius 1 is 0.804 bits per heavy atom. The van der Waals surface area contributed by atoms with Crippen LogP contribution in [-0.2, 0) is 24.9 Å². The van der Waals surface area contributed by atoms with Gasteiger partial charge in [-0.2, -0.15) is 0 Å². The molecule has 51 heavy (non-hydrogen) atoms. The number of rotatable bonds is 6. The van der Waals surface area contributed by atoms with Gasteiger partial charge in [-0.15, -0.1) is 0 Å². The predicted molar refractivity (Wildman–Crippen MR) is 214 cm³/mol. The zero-order chi connectivity index (χ0) is 37.5. The van der Waals surface area contributed by atoms with E-state index in [2.05, 4.69) is 157 Å². The molecule has 2 fully saturated rings. The zero-order valence-electron chi connectivity index (χ0n) is 34.5. The summed E-state index contributed by atoms with van der Waals surface area (Å²) in [7, 11) is -0.594. The van der Waals surface area contributed by atoms with E-state index >= 15 is 0 Å². The highest BCUT2D eigenvalue weighted by Crippen LogP contribution is 2.54. The fraction of sp³-hybridized carbons (Fsp3) is 0.644. The number of nitrogens with zero attached hydrogens (tertiary/aromatic N) is 1. The summed E-state index contributed by atoms with van der Waals surface area (Å²) in [6.07, 6.45) is 11.0. The monoisotopic (exact) mass is 696 g/mol. The lowest BCUT2D eigenvalue weighted by molar-refractivity contribution is -0.105. The summed E-state index contributed by atoms with van der Waals surface area (Å²) in [5.74, 6) is 1.02. The van der Waals surface area contributed by atoms with Crippen LogP contribution in [0.2, 0.25) is 0 Å². The van der Waals surface area contributed by atoms with Crippen LogP contribution in [0.5, 0.6) is 5.75 Å². The first-order valence-electron chi connectivity index (χ1n) is 19.5. The molecule has 6 rings (SSSR count). The predicted octanol–water partition coefficient (Wildman–Crippen LogP) is 11.0. The number of hydrogen-bond donors (Lipinski definition) is 0. The summed E-state index contributed by atoms with van der Waals surface area (Å²) >= 11 is 0. The van der Waals surface area contributed by atoms with Gasteiger partial charge < -0.3 is 23.7 Å². The second-order valence-electron chi connectivity index (χ2n) is 20.7. The molecule has 0 amide bonds. The van der Waals surface area contributed by atoms with E-state index in [-0.39, 0.29) is 39.9 Å². The van der Waals surface area contributed by atoms with Crippen LogP contribution >= 0.6 is 0 Å². The molecule has 3 heterocycles. The van der Waals surface area contributed by atoms with Crippen LogP contribution in [0.25, 0.3) is 0 Å². The molecule has 4 aliphatic rings. The molecule has 3 aliphatic heterocycles. The van der Waals surface area contributed by atoms with E-state index < -0.39 is 18.3 Å². The summed E-state index contributed by atoms with van der Waals surface area (Å²) in [6, 6.07) is 12.0. The van der Waals surface area contributed by atoms with Gasteiger partial charge in [0.1, 0.15) is 5.75 Å². The van der Waals surface area contributed by atoms with Crippen LogP contribution in [0.1, 0.15) is 152 Å². The summed E-state index contributed by atoms with van der Waals surface area (Å²) in [5, 5.41) is 0. The van der Waals surface area contributed by atoms with Crippen molar-refractivity contribution in [3.05, 3.63) is 70.8 Å². The molecule has 0 spiro atoms. The number of ether oxygens (including phenoxy) is 2. The fourth-order valence-corrected chi connectivity index (χ4v) is 8.48. The highest BCUT2D eigenvalue weighted by molar-refractivity contribution is 6.63. The Morgan fingerprint density at radius 2 is 1.45 bits per heavy atom. The van der Waals surface area contributed by atoms with Crippen molar-refractivity contribution < 1.29 is 18.8 Å². The lowest BCUT2D eigenvalue weighted by Gasteiger charge is -2.38. The van der Waals surface area contributed by atoms with Crippen molar-refractivity contribution in [3.8, 4) is 5.75 Å². The number of allylic oxidation sites excluding steroid dienone is 2. The third-order valence-corrected chi connectivity index (χ3v) is 11.9. The second kappa shape index (κ2) is 12.8. The Morgan fingerprint density at radius 3 is 2.02 bits per heavy atom. The highest BCUT2D eigenvalue weighted by Gasteiger charge is 2.54. The molecule has 2 saturated heterocycles. The molecule has 6 heteroatoms. The van der Waals surface area contributed by atoms with E-state index in [0.717, 1.165) is 42.6 Å². The maximum absolute atomic E-state index is 7.17. The largest absolute Gasteiger partial charge is 0.498 e. The molecule has 0 aromatic heterocycles. The molecule has 2 aromatic carbocycles. The van der Waals surface area contributed by atoms with Crippen molar-refractivity contribution in [2.24, 2.45) is 10.8 Å². The van der Waals surface area contributed by atoms with Gasteiger partial charge in [0.25, 0.3) is 0 Å². The molecular formula is C45H66BNO4. The van der Waals surface area contributed by atoms with Gasteiger partial charge >= 0.3 is 7.12 Å². The average Bonchev–Trinajstić information content (AvgIpc) is 3.43. The van der Waals surface area contributed by atoms with Crippen molar-refractivity contribution in [1.82, 2.24) is 0 Å². The summed E-state index contributed by atoms with van der Waals surface area (Å²) in [6.45, 7) is 34.9. The van der Waals surface area contributed by atoms with Gasteiger partial charge in [0, 0.05) is 23.5 Å². The Labute approximate surface area is 310 Å². The highest BCUT2D eigenvalue weighted by atomic mass is 16.7. The quantitative estimate of drug-likeness (QED) is 0.281. The van der Waals surface area contributed by atoms with Crippen LogP contribution < -0.4 is 15.1 Å². The Balaban J connectivity index is 1.66. The Hall–Kier alpha value is -2.54. The molecule has 5 nitrogen and oxygen atoms in total. The van der Waals surface area contributed by atoms with Crippen molar-refractivity contribution >= 4 is 24.0 Å². The van der Waals surface area contributed by atoms with Crippen LogP contribution in [-0.4, -0.2) is 37.3 Å². The van der Waals surface area contributed by atoms with Gasteiger partial charge in [-0.1, -0.05) is 113 Å². The number of anilines is 2. The fourth-order valence-electron chi connectivity index (χ4n) is 8.48. The first-order valence-corrected chi connectivity index (χ1v) is 19.5. The first kappa shape index (κ1) is 38.2. The van der Waals surface area contributed by atoms with Crippen LogP contribution in [0.3, 0.4) is 0 Å². The molecule has 0 radical (unpaired) electrons. The molecular weight excluding hydrogens is 629 g/mol. The minimum Gasteiger partial charge on any atom is -0.463 e. The first-order chi connectivity index (χ1) is 23.4. The maximum atomic E-state index is 7.17. The second-order valence-corrected chi connectivity index (χ2v) is 20.7. The van der Waals surface area contributed by atoms with E-state index in [9.17, 15) is 0 Å². The van der Waals surface area contributed by atoms with Crippen LogP contribution in [0, 0.1) is 10.8 Å². The van der Waals surface area contributed by atoms with Gasteiger partial charge in [0.15, 0.2) is 6.29 Å². The molecule has 0 saturated carbocycles. The molecule has 278 valence electrons. The van der Waals surface area contributed by atoms with E-state index in [0.29, 0.717) is 6.61 Å². The van der Waals surface area contributed by atoms with Gasteiger partial charge in [0.05, 0.1) is 29.5 Å². The number of fused-ring (bicyclic) bond motifs is 3. The molecule has 0 N–H and O–H groups in total. The maximum Gasteiger partial charge on any atom is 0.498 e. The summed E-state index contributed by atoms with van der Waals surface area (Å²) in [5.41, 5.74) is 7.54. The molecule has 0 bridgehead atoms. The summed E-state index contributed by atoms with van der Waals surface area (Å²) < 4.78 is 27.3. The lowest BCUT2D eigenvalue weighted by atomic mass is 9.69. The van der Waals surface area contributed by atoms with E-state index in [1.165, 1.54) is 28.0 Å². The average molecular weight is 696 g/mol. The standard InChI is InChI=1S/C45H66BNO4/c1-40(2,3)28-43(10,11)31-24-34(46-50-44(12,13)45(14,15)51-46)39(49-38-18-16-17-23-48-38)37(27-31)47-35-25-29(41(4,5)6)19-21-32(35)33-22-20-30(26-36(33)47)42(7,8)9/h19-22,24-27,32,35,38H,16-18,23,28H2,1-15H3. The normalized spacial score (nSPS) is 24.8. The number of benzene rings is 2. The Kier molecular flexibility index (Phi) is 9.59. The zero-order valence-corrected chi connectivity index (χ0v) is 34.5. The van der Waals surface area contributed by atoms with Crippen molar-refractivity contribution in [2.75, 3.05) is 11.5 Å². The number of hydrogen-bond acceptors (Lipinski definition) is 5. The third-order valence-electron chi connectivity index (χ3n) is 11.9. The van der Waals surface area contributed by atoms with Crippen LogP contribution in [0.4, 0.5) is 11.4 Å². The minimum absolute atomic E-state index is 0.00359. The topological polar surface area (TPSA) is 40.2 Å². The van der Waals surface area contributed by atoms with Gasteiger partial charge in [-0.05, 0) is 103 Å². The van der Waals surface area contributed by atoms with E-state index in [4.69, 9.17) is 18.8 Å². The Bertz CT molecular complexity index is 1670. The van der Waals surface area contributed by atoms with Gasteiger partial charge in [0.2, 0.25) is 0 Å². The van der Waals surface area contributed by atoms with Crippen LogP contribution in [0.15, 0.2) is 54.1 Å². The molecule has 3 atom stereocenters. The van der Waals surface area contributed by atoms with E-state index in [1.54, 1.807) is 0 Å². The SMILES string of the molecule is CC(C)(C)CC(C)(C)c1cc(B2OC(C)(C)C(C)(C)O2)c(OC2CCCCO2)c(N2c3cc(C(C)(C)C)ccc3C3C=CC(C(C)(C)C)=CC32)c1. The smallest absolute Gasteiger partial charge is 0.463 e. The molecule has 2 aromatic rings. The summed E-state index contributed by atoms with van der Waals surface area (Å²) in [4.78, 5) is 2.59. The van der Waals surface area contributed by atoms with Gasteiger partial charge in [-0.25, -0.2) is 0 Å². The minimum atomic E-state index is -0.594. The van der Waals surface area contributed by atoms with E-state index in [1.807, 2.05) is 0 Å². The van der Waals surface area contributed by atoms with Crippen molar-refractivity contribution in [3.63, 3.8) is 0 Å².